The van der Waals surface area contributed by atoms with Gasteiger partial charge in [0.25, 0.3) is 11.5 Å². The number of nitrogens with zero attached hydrogens (tertiary/aromatic N) is 3. The van der Waals surface area contributed by atoms with Crippen LogP contribution in [-0.2, 0) is 0 Å². The van der Waals surface area contributed by atoms with Gasteiger partial charge in [-0.2, -0.15) is 9.78 Å². The van der Waals surface area contributed by atoms with Crippen molar-refractivity contribution in [1.82, 2.24) is 14.7 Å². The first-order chi connectivity index (χ1) is 12.0. The molecule has 1 aromatic carbocycles. The molecule has 2 aromatic rings. The summed E-state index contributed by atoms with van der Waals surface area (Å²) in [6.45, 7) is 3.47. The van der Waals surface area contributed by atoms with Crippen LogP contribution in [0.25, 0.3) is 5.69 Å². The maximum atomic E-state index is 13.1. The Balaban J connectivity index is 2.00. The van der Waals surface area contributed by atoms with E-state index in [-0.39, 0.29) is 17.4 Å². The molecule has 1 fully saturated rings. The fourth-order valence-electron chi connectivity index (χ4n) is 2.87. The Morgan fingerprint density at radius 3 is 2.48 bits per heavy atom. The van der Waals surface area contributed by atoms with Crippen LogP contribution >= 0.6 is 0 Å². The molecule has 0 atom stereocenters. The van der Waals surface area contributed by atoms with Gasteiger partial charge in [0.1, 0.15) is 5.82 Å². The highest BCUT2D eigenvalue weighted by molar-refractivity contribution is 5.94. The molecule has 7 heteroatoms. The minimum absolute atomic E-state index is 0.0842. The molecule has 25 heavy (non-hydrogen) atoms. The van der Waals surface area contributed by atoms with Crippen molar-refractivity contribution in [3.63, 3.8) is 0 Å². The van der Waals surface area contributed by atoms with E-state index in [1.54, 1.807) is 4.90 Å². The number of hydrogen-bond donors (Lipinski definition) is 0. The molecular formula is C18H20FN3O3. The van der Waals surface area contributed by atoms with Gasteiger partial charge in [-0.15, -0.1) is 0 Å². The van der Waals surface area contributed by atoms with Crippen molar-refractivity contribution in [3.8, 4) is 11.4 Å². The van der Waals surface area contributed by atoms with Gasteiger partial charge >= 0.3 is 0 Å². The third-order valence-corrected chi connectivity index (χ3v) is 4.46. The Kier molecular flexibility index (Phi) is 4.83. The molecule has 2 heterocycles. The fraction of sp³-hybridized carbons (Fsp3) is 0.389. The summed E-state index contributed by atoms with van der Waals surface area (Å²) in [6, 6.07) is 6.58. The zero-order chi connectivity index (χ0) is 18.0. The van der Waals surface area contributed by atoms with Crippen molar-refractivity contribution in [2.45, 2.75) is 19.8 Å². The van der Waals surface area contributed by atoms with E-state index in [1.807, 2.05) is 0 Å². The van der Waals surface area contributed by atoms with Crippen LogP contribution in [0.2, 0.25) is 0 Å². The molecule has 1 aromatic heterocycles. The van der Waals surface area contributed by atoms with E-state index >= 15 is 0 Å². The first kappa shape index (κ1) is 17.1. The summed E-state index contributed by atoms with van der Waals surface area (Å²) in [5.41, 5.74) is 0.0172. The van der Waals surface area contributed by atoms with Crippen molar-refractivity contribution in [1.29, 1.82) is 0 Å². The van der Waals surface area contributed by atoms with Gasteiger partial charge in [-0.3, -0.25) is 9.59 Å². The fourth-order valence-corrected chi connectivity index (χ4v) is 2.87. The van der Waals surface area contributed by atoms with Crippen LogP contribution in [-0.4, -0.2) is 40.8 Å². The van der Waals surface area contributed by atoms with E-state index in [4.69, 9.17) is 4.74 Å². The molecule has 3 rings (SSSR count). The molecule has 0 bridgehead atoms. The van der Waals surface area contributed by atoms with Gasteiger partial charge in [-0.25, -0.2) is 4.39 Å². The van der Waals surface area contributed by atoms with E-state index in [9.17, 15) is 14.0 Å². The summed E-state index contributed by atoms with van der Waals surface area (Å²) in [4.78, 5) is 26.8. The number of hydrogen-bond acceptors (Lipinski definition) is 4. The third-order valence-electron chi connectivity index (χ3n) is 4.46. The lowest BCUT2D eigenvalue weighted by Gasteiger charge is -2.30. The Hall–Kier alpha value is -2.70. The first-order valence-electron chi connectivity index (χ1n) is 8.23. The lowest BCUT2D eigenvalue weighted by atomic mass is 9.99. The monoisotopic (exact) mass is 345 g/mol. The maximum absolute atomic E-state index is 13.1. The third kappa shape index (κ3) is 3.55. The van der Waals surface area contributed by atoms with Crippen molar-refractivity contribution in [2.75, 3.05) is 20.2 Å². The van der Waals surface area contributed by atoms with Gasteiger partial charge in [0.15, 0.2) is 11.4 Å². The zero-order valence-electron chi connectivity index (χ0n) is 14.2. The molecule has 0 spiro atoms. The number of benzene rings is 1. The molecule has 1 saturated heterocycles. The molecule has 1 aliphatic rings. The average molecular weight is 345 g/mol. The molecule has 0 saturated carbocycles. The van der Waals surface area contributed by atoms with Gasteiger partial charge in [-0.05, 0) is 43.0 Å². The van der Waals surface area contributed by atoms with Crippen LogP contribution in [0.5, 0.6) is 5.75 Å². The van der Waals surface area contributed by atoms with E-state index in [1.165, 1.54) is 37.4 Å². The quantitative estimate of drug-likeness (QED) is 0.856. The van der Waals surface area contributed by atoms with Gasteiger partial charge in [0, 0.05) is 13.1 Å². The summed E-state index contributed by atoms with van der Waals surface area (Å²) < 4.78 is 19.4. The van der Waals surface area contributed by atoms with Crippen molar-refractivity contribution in [2.24, 2.45) is 5.92 Å². The van der Waals surface area contributed by atoms with Gasteiger partial charge in [0.05, 0.1) is 18.9 Å². The summed E-state index contributed by atoms with van der Waals surface area (Å²) in [7, 11) is 1.40. The van der Waals surface area contributed by atoms with Crippen LogP contribution in [0.4, 0.5) is 4.39 Å². The Morgan fingerprint density at radius 1 is 1.24 bits per heavy atom. The summed E-state index contributed by atoms with van der Waals surface area (Å²) in [5.74, 6) is 0.0581. The standard InChI is InChI=1S/C18H20FN3O3/c1-12-7-9-21(10-8-12)18(24)17-15(25-2)11-16(23)22(20-17)14-5-3-13(19)4-6-14/h3-6,11-12H,7-10H2,1-2H3. The van der Waals surface area contributed by atoms with E-state index in [2.05, 4.69) is 12.0 Å². The van der Waals surface area contributed by atoms with Gasteiger partial charge < -0.3 is 9.64 Å². The topological polar surface area (TPSA) is 64.4 Å². The predicted octanol–water partition coefficient (Wildman–Crippen LogP) is 2.25. The summed E-state index contributed by atoms with van der Waals surface area (Å²) in [5, 5.41) is 4.20. The van der Waals surface area contributed by atoms with E-state index in [0.29, 0.717) is 24.7 Å². The van der Waals surface area contributed by atoms with Crippen molar-refractivity contribution in [3.05, 3.63) is 52.2 Å². The van der Waals surface area contributed by atoms with E-state index in [0.717, 1.165) is 17.5 Å². The number of methoxy groups -OCH3 is 1. The number of piperidine rings is 1. The van der Waals surface area contributed by atoms with Crippen molar-refractivity contribution < 1.29 is 13.9 Å². The predicted molar refractivity (Wildman–Crippen MR) is 90.6 cm³/mol. The van der Waals surface area contributed by atoms with Crippen LogP contribution in [0.3, 0.4) is 0 Å². The summed E-state index contributed by atoms with van der Waals surface area (Å²) in [6.07, 6.45) is 1.87. The normalized spacial score (nSPS) is 15.2. The molecule has 1 aliphatic heterocycles. The largest absolute Gasteiger partial charge is 0.494 e. The van der Waals surface area contributed by atoms with E-state index < -0.39 is 11.4 Å². The zero-order valence-corrected chi connectivity index (χ0v) is 14.2. The number of carbonyl (C=O) groups excluding carboxylic acids is 1. The SMILES string of the molecule is COc1cc(=O)n(-c2ccc(F)cc2)nc1C(=O)N1CCC(C)CC1. The van der Waals surface area contributed by atoms with Gasteiger partial charge in [0.2, 0.25) is 0 Å². The number of rotatable bonds is 3. The molecule has 1 amide bonds. The highest BCUT2D eigenvalue weighted by atomic mass is 19.1. The Bertz CT molecular complexity index is 824. The minimum atomic E-state index is -0.452. The lowest BCUT2D eigenvalue weighted by molar-refractivity contribution is 0.0685. The highest BCUT2D eigenvalue weighted by Crippen LogP contribution is 2.21. The Labute approximate surface area is 144 Å². The number of halogens is 1. The van der Waals surface area contributed by atoms with Crippen LogP contribution in [0, 0.1) is 11.7 Å². The molecule has 0 aliphatic carbocycles. The number of amides is 1. The number of carbonyl (C=O) groups is 1. The molecule has 0 N–H and O–H groups in total. The number of likely N-dealkylation sites (tertiary alicyclic amines) is 1. The second-order valence-electron chi connectivity index (χ2n) is 6.26. The Morgan fingerprint density at radius 2 is 1.88 bits per heavy atom. The summed E-state index contributed by atoms with van der Waals surface area (Å²) >= 11 is 0. The molecule has 6 nitrogen and oxygen atoms in total. The smallest absolute Gasteiger partial charge is 0.278 e. The van der Waals surface area contributed by atoms with Gasteiger partial charge in [-0.1, -0.05) is 6.92 Å². The number of ether oxygens (including phenoxy) is 1. The first-order valence-corrected chi connectivity index (χ1v) is 8.23. The van der Waals surface area contributed by atoms with Crippen molar-refractivity contribution >= 4 is 5.91 Å². The van der Waals surface area contributed by atoms with Crippen LogP contribution in [0.1, 0.15) is 30.3 Å². The minimum Gasteiger partial charge on any atom is -0.494 e. The van der Waals surface area contributed by atoms with Crippen LogP contribution < -0.4 is 10.3 Å². The molecule has 132 valence electrons. The number of aromatic nitrogens is 2. The lowest BCUT2D eigenvalue weighted by Crippen LogP contribution is -2.39. The molecule has 0 unspecified atom stereocenters. The molecular weight excluding hydrogens is 325 g/mol. The molecule has 0 radical (unpaired) electrons. The second kappa shape index (κ2) is 7.04. The van der Waals surface area contributed by atoms with Crippen LogP contribution in [0.15, 0.2) is 35.1 Å². The highest BCUT2D eigenvalue weighted by Gasteiger charge is 2.26. The average Bonchev–Trinajstić information content (AvgIpc) is 2.62. The second-order valence-corrected chi connectivity index (χ2v) is 6.26. The maximum Gasteiger partial charge on any atom is 0.278 e.